The van der Waals surface area contributed by atoms with Gasteiger partial charge in [0, 0.05) is 0 Å². The van der Waals surface area contributed by atoms with Gasteiger partial charge >= 0.3 is 64.5 Å². The van der Waals surface area contributed by atoms with Gasteiger partial charge in [-0.2, -0.15) is 0 Å². The van der Waals surface area contributed by atoms with Crippen LogP contribution >= 0.6 is 0 Å². The number of aromatic nitrogens is 3. The summed E-state index contributed by atoms with van der Waals surface area (Å²) in [6.07, 6.45) is 1.63. The van der Waals surface area contributed by atoms with Gasteiger partial charge in [0.05, 0.1) is 0 Å². The third-order valence-electron chi connectivity index (χ3n) is 1.04. The Morgan fingerprint density at radius 3 is 2.55 bits per heavy atom. The molecule has 0 aliphatic rings. The van der Waals surface area contributed by atoms with Gasteiger partial charge in [-0.25, -0.2) is 0 Å². The SMILES string of the molecule is CC.CCn1ncnc1[I-]C. The molecule has 0 radical (unpaired) electrons. The van der Waals surface area contributed by atoms with E-state index in [9.17, 15) is 0 Å². The molecule has 0 fully saturated rings. The van der Waals surface area contributed by atoms with Crippen LogP contribution in [0.15, 0.2) is 6.33 Å². The summed E-state index contributed by atoms with van der Waals surface area (Å²) in [6.45, 7) is 7.03. The van der Waals surface area contributed by atoms with Crippen LogP contribution in [0, 0.1) is 3.83 Å². The van der Waals surface area contributed by atoms with Crippen molar-refractivity contribution in [1.29, 1.82) is 0 Å². The predicted octanol–water partition coefficient (Wildman–Crippen LogP) is -1.79. The summed E-state index contributed by atoms with van der Waals surface area (Å²) in [7, 11) is 0. The molecule has 1 aromatic heterocycles. The van der Waals surface area contributed by atoms with E-state index in [0.717, 1.165) is 6.54 Å². The van der Waals surface area contributed by atoms with Gasteiger partial charge in [-0.15, -0.1) is 0 Å². The third kappa shape index (κ3) is 3.18. The second-order valence-corrected chi connectivity index (χ2v) is 3.58. The first-order chi connectivity index (χ1) is 5.38. The van der Waals surface area contributed by atoms with E-state index < -0.39 is 0 Å². The molecule has 0 atom stereocenters. The van der Waals surface area contributed by atoms with Gasteiger partial charge in [-0.3, -0.25) is 0 Å². The monoisotopic (exact) mass is 268 g/mol. The van der Waals surface area contributed by atoms with Crippen LogP contribution in [0.2, 0.25) is 0 Å². The van der Waals surface area contributed by atoms with Gasteiger partial charge in [-0.05, 0) is 0 Å². The summed E-state index contributed by atoms with van der Waals surface area (Å²) in [5.41, 5.74) is 0. The van der Waals surface area contributed by atoms with Crippen LogP contribution in [-0.4, -0.2) is 19.7 Å². The van der Waals surface area contributed by atoms with Crippen LogP contribution in [0.25, 0.3) is 0 Å². The van der Waals surface area contributed by atoms with E-state index >= 15 is 0 Å². The van der Waals surface area contributed by atoms with Gasteiger partial charge in [0.2, 0.25) is 0 Å². The average molecular weight is 268 g/mol. The normalized spacial score (nSPS) is 9.09. The van der Waals surface area contributed by atoms with Crippen molar-refractivity contribution in [2.45, 2.75) is 27.3 Å². The molecule has 0 bridgehead atoms. The zero-order chi connectivity index (χ0) is 8.69. The second-order valence-electron chi connectivity index (χ2n) is 1.53. The van der Waals surface area contributed by atoms with Crippen LogP contribution in [0.4, 0.5) is 0 Å². The molecule has 0 saturated heterocycles. The molecule has 4 heteroatoms. The molecule has 0 aromatic carbocycles. The van der Waals surface area contributed by atoms with Crippen molar-refractivity contribution >= 4 is 0 Å². The maximum absolute atomic E-state index is 4.11. The Balaban J connectivity index is 0.000000461. The summed E-state index contributed by atoms with van der Waals surface area (Å²) >= 11 is 0.108. The first kappa shape index (κ1) is 10.9. The Labute approximate surface area is 78.5 Å². The molecule has 11 heavy (non-hydrogen) atoms. The fourth-order valence-electron chi connectivity index (χ4n) is 0.609. The van der Waals surface area contributed by atoms with Gasteiger partial charge in [-0.1, -0.05) is 13.8 Å². The first-order valence-corrected chi connectivity index (χ1v) is 6.99. The van der Waals surface area contributed by atoms with E-state index in [4.69, 9.17) is 0 Å². The third-order valence-corrected chi connectivity index (χ3v) is 2.84. The predicted molar refractivity (Wildman–Crippen MR) is 41.7 cm³/mol. The quantitative estimate of drug-likeness (QED) is 0.469. The molecule has 0 aliphatic carbocycles. The topological polar surface area (TPSA) is 30.7 Å². The number of rotatable bonds is 2. The molecule has 0 unspecified atom stereocenters. The Morgan fingerprint density at radius 2 is 2.18 bits per heavy atom. The summed E-state index contributed by atoms with van der Waals surface area (Å²) in [6, 6.07) is 0. The Morgan fingerprint density at radius 1 is 1.55 bits per heavy atom. The second kappa shape index (κ2) is 6.57. The number of halogens is 1. The van der Waals surface area contributed by atoms with E-state index in [2.05, 4.69) is 21.9 Å². The van der Waals surface area contributed by atoms with Crippen LogP contribution in [0.1, 0.15) is 20.8 Å². The van der Waals surface area contributed by atoms with Crippen molar-refractivity contribution in [1.82, 2.24) is 14.8 Å². The zero-order valence-corrected chi connectivity index (χ0v) is 9.66. The molecular weight excluding hydrogens is 253 g/mol. The standard InChI is InChI=1S/C5H9IN3.C2H6/c1-3-9-5(6-2)7-4-8-9;1-2/h4H,3H2,1-2H3;1-2H3/q-1;. The molecule has 0 spiro atoms. The number of nitrogens with zero attached hydrogens (tertiary/aromatic N) is 3. The summed E-state index contributed by atoms with van der Waals surface area (Å²) < 4.78 is 3.13. The van der Waals surface area contributed by atoms with Crippen molar-refractivity contribution < 1.29 is 21.2 Å². The molecular formula is C7H15IN3-. The molecule has 0 saturated carbocycles. The summed E-state index contributed by atoms with van der Waals surface area (Å²) in [5, 5.41) is 4.04. The molecule has 1 rings (SSSR count). The van der Waals surface area contributed by atoms with Crippen molar-refractivity contribution in [3.05, 3.63) is 10.2 Å². The van der Waals surface area contributed by atoms with E-state index in [1.165, 1.54) is 3.83 Å². The first-order valence-electron chi connectivity index (χ1n) is 3.75. The number of alkyl halides is 1. The molecule has 0 N–H and O–H groups in total. The number of hydrogen-bond donors (Lipinski definition) is 0. The van der Waals surface area contributed by atoms with Crippen LogP contribution in [-0.2, 0) is 6.54 Å². The average Bonchev–Trinajstić information content (AvgIpc) is 2.54. The number of aryl methyl sites for hydroxylation is 1. The van der Waals surface area contributed by atoms with E-state index in [1.807, 2.05) is 18.5 Å². The molecule has 1 heterocycles. The van der Waals surface area contributed by atoms with Crippen molar-refractivity contribution in [3.63, 3.8) is 0 Å². The van der Waals surface area contributed by atoms with Gasteiger partial charge < -0.3 is 0 Å². The van der Waals surface area contributed by atoms with Crippen molar-refractivity contribution in [2.75, 3.05) is 4.93 Å². The molecule has 0 aliphatic heterocycles. The van der Waals surface area contributed by atoms with Crippen LogP contribution in [0.3, 0.4) is 0 Å². The van der Waals surface area contributed by atoms with E-state index in [0.29, 0.717) is 0 Å². The Kier molecular flexibility index (Phi) is 6.49. The van der Waals surface area contributed by atoms with Gasteiger partial charge in [0.25, 0.3) is 0 Å². The minimum atomic E-state index is 0.108. The van der Waals surface area contributed by atoms with Gasteiger partial charge in [0.1, 0.15) is 0 Å². The molecule has 66 valence electrons. The Bertz CT molecular complexity index is 167. The van der Waals surface area contributed by atoms with E-state index in [1.54, 1.807) is 6.33 Å². The minimum absolute atomic E-state index is 0.108. The van der Waals surface area contributed by atoms with Crippen LogP contribution in [0.5, 0.6) is 0 Å². The van der Waals surface area contributed by atoms with E-state index in [-0.39, 0.29) is 21.2 Å². The fraction of sp³-hybridized carbons (Fsp3) is 0.714. The fourth-order valence-corrected chi connectivity index (χ4v) is 2.03. The number of hydrogen-bond acceptors (Lipinski definition) is 2. The van der Waals surface area contributed by atoms with Crippen molar-refractivity contribution in [3.8, 4) is 0 Å². The van der Waals surface area contributed by atoms with Crippen molar-refractivity contribution in [2.24, 2.45) is 0 Å². The zero-order valence-electron chi connectivity index (χ0n) is 7.50. The van der Waals surface area contributed by atoms with Gasteiger partial charge in [0.15, 0.2) is 0 Å². The molecule has 1 aromatic rings. The molecule has 0 amide bonds. The Hall–Kier alpha value is -0.130. The van der Waals surface area contributed by atoms with Crippen LogP contribution < -0.4 is 21.2 Å². The summed E-state index contributed by atoms with van der Waals surface area (Å²) in [5.74, 6) is 0. The maximum atomic E-state index is 4.11. The molecule has 3 nitrogen and oxygen atoms in total. The summed E-state index contributed by atoms with van der Waals surface area (Å²) in [4.78, 5) is 6.30.